The number of benzene rings is 9. The number of rotatable bonds is 4. The molecule has 0 heterocycles. The predicted molar refractivity (Wildman–Crippen MR) is 218 cm³/mol. The van der Waals surface area contributed by atoms with Crippen LogP contribution in [0, 0.1) is 0 Å². The van der Waals surface area contributed by atoms with Gasteiger partial charge in [-0.15, -0.1) is 0 Å². The van der Waals surface area contributed by atoms with Crippen LogP contribution in [0.1, 0.15) is 45.2 Å². The molecule has 242 valence electrons. The van der Waals surface area contributed by atoms with Gasteiger partial charge < -0.3 is 0 Å². The first kappa shape index (κ1) is 29.3. The lowest BCUT2D eigenvalue weighted by Gasteiger charge is -2.18. The highest BCUT2D eigenvalue weighted by Gasteiger charge is 2.33. The molecular weight excluding hydrogens is 625 g/mol. The van der Waals surface area contributed by atoms with E-state index in [1.807, 2.05) is 0 Å². The van der Waals surface area contributed by atoms with E-state index >= 15 is 0 Å². The lowest BCUT2D eigenvalue weighted by atomic mass is 9.85. The van der Waals surface area contributed by atoms with Gasteiger partial charge in [-0.3, -0.25) is 0 Å². The van der Waals surface area contributed by atoms with E-state index in [4.69, 9.17) is 0 Å². The lowest BCUT2D eigenvalue weighted by Crippen LogP contribution is -2.00. The average molecular weight is 659 g/mol. The SMILES string of the molecule is c1ccc(-c2cc(C3c4ccccc4-c4cc(-c5ccc6c(c5)-c5c(ccc7ccccc57)C6c5ccccc5)ccc43)cc3ccccc23)cc1. The maximum absolute atomic E-state index is 2.46. The summed E-state index contributed by atoms with van der Waals surface area (Å²) in [5, 5.41) is 5.18. The maximum Gasteiger partial charge on any atom is 0.0352 e. The van der Waals surface area contributed by atoms with E-state index in [-0.39, 0.29) is 11.8 Å². The Balaban J connectivity index is 1.07. The summed E-state index contributed by atoms with van der Waals surface area (Å²) in [5.74, 6) is 0.387. The van der Waals surface area contributed by atoms with Crippen molar-refractivity contribution in [2.45, 2.75) is 11.8 Å². The zero-order valence-corrected chi connectivity index (χ0v) is 28.6. The van der Waals surface area contributed by atoms with Crippen molar-refractivity contribution in [1.82, 2.24) is 0 Å². The fourth-order valence-corrected chi connectivity index (χ4v) is 9.30. The van der Waals surface area contributed by atoms with Gasteiger partial charge in [0, 0.05) is 11.8 Å². The first-order chi connectivity index (χ1) is 25.8. The number of hydrogen-bond acceptors (Lipinski definition) is 0. The predicted octanol–water partition coefficient (Wildman–Crippen LogP) is 13.6. The molecule has 52 heavy (non-hydrogen) atoms. The van der Waals surface area contributed by atoms with Crippen LogP contribution in [0.2, 0.25) is 0 Å². The molecule has 0 saturated heterocycles. The van der Waals surface area contributed by atoms with Gasteiger partial charge in [-0.05, 0) is 118 Å². The summed E-state index contributed by atoms with van der Waals surface area (Å²) in [6.45, 7) is 0. The second kappa shape index (κ2) is 11.5. The third-order valence-corrected chi connectivity index (χ3v) is 11.6. The minimum absolute atomic E-state index is 0.164. The fourth-order valence-electron chi connectivity index (χ4n) is 9.30. The summed E-state index contributed by atoms with van der Waals surface area (Å²) >= 11 is 0. The second-order valence-electron chi connectivity index (χ2n) is 14.4. The quantitative estimate of drug-likeness (QED) is 0.177. The van der Waals surface area contributed by atoms with Gasteiger partial charge in [-0.2, -0.15) is 0 Å². The van der Waals surface area contributed by atoms with Gasteiger partial charge in [-0.25, -0.2) is 0 Å². The van der Waals surface area contributed by atoms with Crippen molar-refractivity contribution in [2.24, 2.45) is 0 Å². The molecule has 11 rings (SSSR count). The minimum Gasteiger partial charge on any atom is -0.0622 e. The van der Waals surface area contributed by atoms with Gasteiger partial charge in [0.25, 0.3) is 0 Å². The molecule has 2 aliphatic carbocycles. The van der Waals surface area contributed by atoms with E-state index in [1.54, 1.807) is 0 Å². The van der Waals surface area contributed by atoms with Gasteiger partial charge in [0.15, 0.2) is 0 Å². The molecule has 0 radical (unpaired) electrons. The fraction of sp³-hybridized carbons (Fsp3) is 0.0385. The van der Waals surface area contributed by atoms with E-state index in [2.05, 4.69) is 194 Å². The summed E-state index contributed by atoms with van der Waals surface area (Å²) in [4.78, 5) is 0. The first-order valence-electron chi connectivity index (χ1n) is 18.3. The zero-order chi connectivity index (χ0) is 34.2. The monoisotopic (exact) mass is 658 g/mol. The van der Waals surface area contributed by atoms with E-state index < -0.39 is 0 Å². The van der Waals surface area contributed by atoms with Crippen molar-refractivity contribution in [3.05, 3.63) is 228 Å². The van der Waals surface area contributed by atoms with Crippen molar-refractivity contribution in [2.75, 3.05) is 0 Å². The molecular formula is C52H34. The van der Waals surface area contributed by atoms with Crippen LogP contribution in [-0.2, 0) is 0 Å². The molecule has 2 atom stereocenters. The third-order valence-electron chi connectivity index (χ3n) is 11.6. The van der Waals surface area contributed by atoms with E-state index in [9.17, 15) is 0 Å². The molecule has 0 heteroatoms. The van der Waals surface area contributed by atoms with Crippen LogP contribution in [0.25, 0.3) is 66.1 Å². The Hall–Kier alpha value is -6.50. The van der Waals surface area contributed by atoms with Crippen molar-refractivity contribution >= 4 is 21.5 Å². The van der Waals surface area contributed by atoms with E-state index in [0.29, 0.717) is 0 Å². The van der Waals surface area contributed by atoms with Crippen molar-refractivity contribution in [1.29, 1.82) is 0 Å². The van der Waals surface area contributed by atoms with Crippen LogP contribution in [-0.4, -0.2) is 0 Å². The van der Waals surface area contributed by atoms with Gasteiger partial charge >= 0.3 is 0 Å². The van der Waals surface area contributed by atoms with E-state index in [1.165, 1.54) is 99.4 Å². The maximum atomic E-state index is 2.46. The number of hydrogen-bond donors (Lipinski definition) is 0. The summed E-state index contributed by atoms with van der Waals surface area (Å²) in [7, 11) is 0. The highest BCUT2D eigenvalue weighted by atomic mass is 14.4. The highest BCUT2D eigenvalue weighted by molar-refractivity contribution is 6.03. The van der Waals surface area contributed by atoms with Gasteiger partial charge in [0.1, 0.15) is 0 Å². The molecule has 0 bridgehead atoms. The van der Waals surface area contributed by atoms with Gasteiger partial charge in [0.05, 0.1) is 0 Å². The average Bonchev–Trinajstić information content (AvgIpc) is 3.73. The highest BCUT2D eigenvalue weighted by Crippen LogP contribution is 2.53. The summed E-state index contributed by atoms with van der Waals surface area (Å²) in [5.41, 5.74) is 18.7. The molecule has 9 aromatic rings. The molecule has 0 saturated carbocycles. The molecule has 0 nitrogen and oxygen atoms in total. The van der Waals surface area contributed by atoms with Crippen LogP contribution in [0.5, 0.6) is 0 Å². The summed E-state index contributed by atoms with van der Waals surface area (Å²) in [6.07, 6.45) is 0. The van der Waals surface area contributed by atoms with Crippen LogP contribution in [0.15, 0.2) is 194 Å². The van der Waals surface area contributed by atoms with Crippen molar-refractivity contribution in [3.63, 3.8) is 0 Å². The molecule has 2 aliphatic rings. The largest absolute Gasteiger partial charge is 0.0622 e. The first-order valence-corrected chi connectivity index (χ1v) is 18.3. The summed E-state index contributed by atoms with van der Waals surface area (Å²) in [6, 6.07) is 72.4. The molecule has 0 fully saturated rings. The Kier molecular flexibility index (Phi) is 6.48. The molecule has 0 aliphatic heterocycles. The number of fused-ring (bicyclic) bond motifs is 9. The zero-order valence-electron chi connectivity index (χ0n) is 28.6. The van der Waals surface area contributed by atoms with Crippen molar-refractivity contribution < 1.29 is 0 Å². The lowest BCUT2D eigenvalue weighted by molar-refractivity contribution is 1.02. The molecule has 0 spiro atoms. The van der Waals surface area contributed by atoms with Crippen LogP contribution in [0.4, 0.5) is 0 Å². The topological polar surface area (TPSA) is 0 Å². The molecule has 0 aromatic heterocycles. The second-order valence-corrected chi connectivity index (χ2v) is 14.4. The van der Waals surface area contributed by atoms with Crippen molar-refractivity contribution in [3.8, 4) is 44.5 Å². The third kappa shape index (κ3) is 4.41. The van der Waals surface area contributed by atoms with Gasteiger partial charge in [-0.1, -0.05) is 176 Å². The Morgan fingerprint density at radius 1 is 0.269 bits per heavy atom. The van der Waals surface area contributed by atoms with Crippen LogP contribution >= 0.6 is 0 Å². The Bertz CT molecular complexity index is 2840. The van der Waals surface area contributed by atoms with Gasteiger partial charge in [0.2, 0.25) is 0 Å². The Labute approximate surface area is 304 Å². The van der Waals surface area contributed by atoms with Crippen LogP contribution in [0.3, 0.4) is 0 Å². The smallest absolute Gasteiger partial charge is 0.0352 e. The molecule has 2 unspecified atom stereocenters. The van der Waals surface area contributed by atoms with Crippen LogP contribution < -0.4 is 0 Å². The molecule has 0 N–H and O–H groups in total. The Morgan fingerprint density at radius 3 is 1.65 bits per heavy atom. The minimum atomic E-state index is 0.164. The molecule has 9 aromatic carbocycles. The normalized spacial score (nSPS) is 15.3. The Morgan fingerprint density at radius 2 is 0.846 bits per heavy atom. The van der Waals surface area contributed by atoms with E-state index in [0.717, 1.165) is 0 Å². The standard InChI is InChI=1S/C52H34/c1-3-13-33(14-4-1)47-32-39(29-38-18-8-9-19-40(38)47)51-43-22-12-11-21-42(43)48-30-36(24-26-44(48)51)37-25-27-45-49(31-37)52-41-20-10-7-15-34(41)23-28-46(52)50(45)35-16-5-2-6-17-35/h1-32,50-51H. The summed E-state index contributed by atoms with van der Waals surface area (Å²) < 4.78 is 0. The molecule has 0 amide bonds.